The first-order valence-corrected chi connectivity index (χ1v) is 7.85. The van der Waals surface area contributed by atoms with Crippen molar-refractivity contribution in [3.63, 3.8) is 0 Å². The summed E-state index contributed by atoms with van der Waals surface area (Å²) in [5.41, 5.74) is 0.425. The number of hydrogen-bond acceptors (Lipinski definition) is 5. The van der Waals surface area contributed by atoms with Crippen molar-refractivity contribution in [3.05, 3.63) is 11.9 Å². The fourth-order valence-electron chi connectivity index (χ4n) is 3.17. The fraction of sp³-hybridized carbons (Fsp3) is 0.786. The first kappa shape index (κ1) is 14.5. The Morgan fingerprint density at radius 2 is 2.24 bits per heavy atom. The summed E-state index contributed by atoms with van der Waals surface area (Å²) in [4.78, 5) is 14.4. The van der Waals surface area contributed by atoms with Crippen molar-refractivity contribution in [1.29, 1.82) is 0 Å². The lowest BCUT2D eigenvalue weighted by Gasteiger charge is -2.22. The van der Waals surface area contributed by atoms with E-state index in [0.717, 1.165) is 38.9 Å². The lowest BCUT2D eigenvalue weighted by Crippen LogP contribution is -2.38. The Kier molecular flexibility index (Phi) is 4.50. The summed E-state index contributed by atoms with van der Waals surface area (Å²) < 4.78 is 1.84. The highest BCUT2D eigenvalue weighted by molar-refractivity contribution is 5.91. The van der Waals surface area contributed by atoms with Crippen LogP contribution in [0, 0.1) is 0 Å². The Bertz CT molecular complexity index is 482. The van der Waals surface area contributed by atoms with Crippen molar-refractivity contribution in [2.45, 2.75) is 37.8 Å². The van der Waals surface area contributed by atoms with Gasteiger partial charge in [-0.15, -0.1) is 5.10 Å². The molecule has 0 spiro atoms. The van der Waals surface area contributed by atoms with E-state index in [1.807, 2.05) is 4.68 Å². The summed E-state index contributed by atoms with van der Waals surface area (Å²) in [5.74, 6) is -0.115. The van der Waals surface area contributed by atoms with Gasteiger partial charge in [-0.05, 0) is 52.4 Å². The van der Waals surface area contributed by atoms with Crippen molar-refractivity contribution in [2.75, 3.05) is 33.2 Å². The number of hydrogen-bond donors (Lipinski definition) is 2. The third-order valence-corrected chi connectivity index (χ3v) is 4.60. The molecule has 0 aliphatic carbocycles. The maximum absolute atomic E-state index is 12.1. The molecule has 21 heavy (non-hydrogen) atoms. The molecule has 1 aromatic heterocycles. The van der Waals surface area contributed by atoms with E-state index < -0.39 is 0 Å². The number of carbonyl (C=O) groups is 1. The van der Waals surface area contributed by atoms with Crippen LogP contribution >= 0.6 is 0 Å². The number of likely N-dealkylation sites (N-methyl/N-ethyl adjacent to an activating group) is 1. The zero-order valence-electron chi connectivity index (χ0n) is 12.6. The third kappa shape index (κ3) is 3.41. The topological polar surface area (TPSA) is 75.1 Å². The molecular weight excluding hydrogens is 268 g/mol. The number of likely N-dealkylation sites (tertiary alicyclic amines) is 1. The van der Waals surface area contributed by atoms with E-state index in [1.165, 1.54) is 6.42 Å². The van der Waals surface area contributed by atoms with Crippen LogP contribution in [0.1, 0.15) is 42.2 Å². The molecule has 1 atom stereocenters. The summed E-state index contributed by atoms with van der Waals surface area (Å²) in [6.45, 7) is 3.81. The summed E-state index contributed by atoms with van der Waals surface area (Å²) >= 11 is 0. The number of aromatic nitrogens is 3. The Morgan fingerprint density at radius 3 is 2.95 bits per heavy atom. The number of nitrogens with zero attached hydrogens (tertiary/aromatic N) is 4. The SMILES string of the molecule is CN1CCCC1CNC(=O)c1cn(C2CCNCC2)nn1. The largest absolute Gasteiger partial charge is 0.349 e. The van der Waals surface area contributed by atoms with Crippen molar-refractivity contribution >= 4 is 5.91 Å². The van der Waals surface area contributed by atoms with Crippen LogP contribution in [0.25, 0.3) is 0 Å². The first-order chi connectivity index (χ1) is 10.2. The average molecular weight is 292 g/mol. The monoisotopic (exact) mass is 292 g/mol. The summed E-state index contributed by atoms with van der Waals surface area (Å²) in [5, 5.41) is 14.4. The molecule has 2 aliphatic heterocycles. The molecule has 0 saturated carbocycles. The highest BCUT2D eigenvalue weighted by Crippen LogP contribution is 2.17. The van der Waals surface area contributed by atoms with Crippen LogP contribution in [0.4, 0.5) is 0 Å². The minimum absolute atomic E-state index is 0.115. The van der Waals surface area contributed by atoms with Gasteiger partial charge in [-0.25, -0.2) is 4.68 Å². The second kappa shape index (κ2) is 6.53. The molecule has 1 amide bonds. The zero-order chi connectivity index (χ0) is 14.7. The van der Waals surface area contributed by atoms with Crippen LogP contribution in [0.15, 0.2) is 6.20 Å². The second-order valence-electron chi connectivity index (χ2n) is 6.05. The molecule has 0 aromatic carbocycles. The van der Waals surface area contributed by atoms with Gasteiger partial charge in [-0.3, -0.25) is 4.79 Å². The number of rotatable bonds is 4. The van der Waals surface area contributed by atoms with E-state index in [-0.39, 0.29) is 5.91 Å². The molecule has 7 nitrogen and oxygen atoms in total. The molecule has 0 radical (unpaired) electrons. The van der Waals surface area contributed by atoms with E-state index >= 15 is 0 Å². The predicted octanol–water partition coefficient (Wildman–Crippen LogP) is 0.0266. The Balaban J connectivity index is 1.53. The van der Waals surface area contributed by atoms with E-state index in [2.05, 4.69) is 32.9 Å². The molecule has 3 heterocycles. The van der Waals surface area contributed by atoms with E-state index in [0.29, 0.717) is 24.3 Å². The maximum Gasteiger partial charge on any atom is 0.273 e. The van der Waals surface area contributed by atoms with Crippen LogP contribution in [-0.2, 0) is 0 Å². The highest BCUT2D eigenvalue weighted by Gasteiger charge is 2.23. The number of nitrogens with one attached hydrogen (secondary N) is 2. The Labute approximate surface area is 125 Å². The zero-order valence-corrected chi connectivity index (χ0v) is 12.6. The molecular formula is C14H24N6O. The fourth-order valence-corrected chi connectivity index (χ4v) is 3.17. The van der Waals surface area contributed by atoms with Gasteiger partial charge in [-0.1, -0.05) is 5.21 Å². The molecule has 2 N–H and O–H groups in total. The van der Waals surface area contributed by atoms with Gasteiger partial charge in [-0.2, -0.15) is 0 Å². The van der Waals surface area contributed by atoms with Gasteiger partial charge >= 0.3 is 0 Å². The average Bonchev–Trinajstić information content (AvgIpc) is 3.15. The van der Waals surface area contributed by atoms with Crippen molar-refractivity contribution < 1.29 is 4.79 Å². The number of amides is 1. The number of carbonyl (C=O) groups excluding carboxylic acids is 1. The summed E-state index contributed by atoms with van der Waals surface area (Å²) in [6.07, 6.45) is 6.22. The van der Waals surface area contributed by atoms with Gasteiger partial charge in [0.15, 0.2) is 5.69 Å². The minimum Gasteiger partial charge on any atom is -0.349 e. The Hall–Kier alpha value is -1.47. The lowest BCUT2D eigenvalue weighted by molar-refractivity contribution is 0.0938. The predicted molar refractivity (Wildman–Crippen MR) is 79.1 cm³/mol. The minimum atomic E-state index is -0.115. The van der Waals surface area contributed by atoms with Crippen LogP contribution in [-0.4, -0.2) is 65.1 Å². The molecule has 2 saturated heterocycles. The summed E-state index contributed by atoms with van der Waals surface area (Å²) in [7, 11) is 2.11. The van der Waals surface area contributed by atoms with E-state index in [1.54, 1.807) is 6.20 Å². The molecule has 0 bridgehead atoms. The van der Waals surface area contributed by atoms with Crippen LogP contribution in [0.2, 0.25) is 0 Å². The molecule has 2 fully saturated rings. The maximum atomic E-state index is 12.1. The normalized spacial score (nSPS) is 24.3. The van der Waals surface area contributed by atoms with Gasteiger partial charge in [0.25, 0.3) is 5.91 Å². The molecule has 1 aromatic rings. The quantitative estimate of drug-likeness (QED) is 0.819. The van der Waals surface area contributed by atoms with Gasteiger partial charge in [0.05, 0.1) is 12.2 Å². The van der Waals surface area contributed by atoms with Crippen molar-refractivity contribution in [3.8, 4) is 0 Å². The van der Waals surface area contributed by atoms with Crippen molar-refractivity contribution in [1.82, 2.24) is 30.5 Å². The van der Waals surface area contributed by atoms with Crippen LogP contribution < -0.4 is 10.6 Å². The van der Waals surface area contributed by atoms with E-state index in [4.69, 9.17) is 0 Å². The van der Waals surface area contributed by atoms with Crippen molar-refractivity contribution in [2.24, 2.45) is 0 Å². The van der Waals surface area contributed by atoms with Gasteiger partial charge in [0.1, 0.15) is 0 Å². The third-order valence-electron chi connectivity index (χ3n) is 4.60. The standard InChI is InChI=1S/C14H24N6O/c1-19-8-2-3-12(19)9-16-14(21)13-10-20(18-17-13)11-4-6-15-7-5-11/h10-12,15H,2-9H2,1H3,(H,16,21). The van der Waals surface area contributed by atoms with Gasteiger partial charge in [0.2, 0.25) is 0 Å². The number of piperidine rings is 1. The summed E-state index contributed by atoms with van der Waals surface area (Å²) in [6, 6.07) is 0.815. The second-order valence-corrected chi connectivity index (χ2v) is 6.05. The Morgan fingerprint density at radius 1 is 1.43 bits per heavy atom. The lowest BCUT2D eigenvalue weighted by atomic mass is 10.1. The smallest absolute Gasteiger partial charge is 0.273 e. The molecule has 1 unspecified atom stereocenters. The molecule has 116 valence electrons. The molecule has 3 rings (SSSR count). The van der Waals surface area contributed by atoms with Crippen LogP contribution in [0.5, 0.6) is 0 Å². The van der Waals surface area contributed by atoms with E-state index in [9.17, 15) is 4.79 Å². The first-order valence-electron chi connectivity index (χ1n) is 7.85. The van der Waals surface area contributed by atoms with Gasteiger partial charge < -0.3 is 15.5 Å². The van der Waals surface area contributed by atoms with Gasteiger partial charge in [0, 0.05) is 12.6 Å². The molecule has 2 aliphatic rings. The van der Waals surface area contributed by atoms with Crippen LogP contribution in [0.3, 0.4) is 0 Å². The highest BCUT2D eigenvalue weighted by atomic mass is 16.2. The molecule has 7 heteroatoms.